The molecule has 1 rings (SSSR count). The van der Waals surface area contributed by atoms with Gasteiger partial charge in [0, 0.05) is 13.6 Å². The number of carbonyl (C=O) groups is 1. The van der Waals surface area contributed by atoms with Crippen LogP contribution < -0.4 is 10.6 Å². The van der Waals surface area contributed by atoms with Crippen molar-refractivity contribution in [2.75, 3.05) is 30.8 Å². The monoisotopic (exact) mass is 267 g/mol. The second kappa shape index (κ2) is 6.94. The lowest BCUT2D eigenvalue weighted by Crippen LogP contribution is -2.24. The first-order valence-electron chi connectivity index (χ1n) is 6.27. The van der Waals surface area contributed by atoms with Crippen LogP contribution in [-0.2, 0) is 4.74 Å². The average molecular weight is 267 g/mol. The summed E-state index contributed by atoms with van der Waals surface area (Å²) in [4.78, 5) is 17.7. The van der Waals surface area contributed by atoms with E-state index in [-0.39, 0.29) is 5.82 Å². The van der Waals surface area contributed by atoms with Crippen LogP contribution in [0.15, 0.2) is 12.3 Å². The lowest BCUT2D eigenvalue weighted by atomic mass is 10.2. The van der Waals surface area contributed by atoms with Crippen molar-refractivity contribution >= 4 is 17.5 Å². The van der Waals surface area contributed by atoms with Crippen molar-refractivity contribution in [2.45, 2.75) is 26.4 Å². The lowest BCUT2D eigenvalue weighted by Gasteiger charge is -2.22. The maximum atomic E-state index is 11.9. The van der Waals surface area contributed by atoms with Gasteiger partial charge in [0.05, 0.1) is 30.2 Å². The smallest absolute Gasteiger partial charge is 0.340 e. The normalized spacial score (nSPS) is 12.0. The van der Waals surface area contributed by atoms with E-state index in [1.165, 1.54) is 6.07 Å². The number of nitrogens with zero attached hydrogens (tertiary/aromatic N) is 2. The molecule has 0 fully saturated rings. The Kier molecular flexibility index (Phi) is 5.57. The first kappa shape index (κ1) is 15.2. The predicted molar refractivity (Wildman–Crippen MR) is 74.2 cm³/mol. The van der Waals surface area contributed by atoms with E-state index in [2.05, 4.69) is 4.98 Å². The molecule has 3 N–H and O–H groups in total. The number of ether oxygens (including phenoxy) is 1. The van der Waals surface area contributed by atoms with Crippen LogP contribution in [-0.4, -0.2) is 42.4 Å². The topological polar surface area (TPSA) is 88.7 Å². The Balaban J connectivity index is 2.95. The van der Waals surface area contributed by atoms with Gasteiger partial charge < -0.3 is 20.5 Å². The molecule has 106 valence electrons. The molecule has 0 aliphatic carbocycles. The molecular formula is C13H21N3O3. The number of aromatic nitrogens is 1. The summed E-state index contributed by atoms with van der Waals surface area (Å²) in [5.41, 5.74) is 6.64. The van der Waals surface area contributed by atoms with E-state index in [4.69, 9.17) is 10.5 Å². The van der Waals surface area contributed by atoms with Crippen molar-refractivity contribution in [1.29, 1.82) is 0 Å². The molecule has 0 spiro atoms. The minimum Gasteiger partial charge on any atom is -0.462 e. The summed E-state index contributed by atoms with van der Waals surface area (Å²) >= 11 is 0. The molecule has 0 aliphatic rings. The number of carbonyl (C=O) groups excluding carboxylic acids is 1. The van der Waals surface area contributed by atoms with E-state index in [1.807, 2.05) is 11.9 Å². The molecule has 0 bridgehead atoms. The van der Waals surface area contributed by atoms with Crippen molar-refractivity contribution in [3.63, 3.8) is 0 Å². The van der Waals surface area contributed by atoms with Crippen LogP contribution in [0.5, 0.6) is 0 Å². The molecule has 19 heavy (non-hydrogen) atoms. The van der Waals surface area contributed by atoms with Gasteiger partial charge in [-0.1, -0.05) is 0 Å². The van der Waals surface area contributed by atoms with Crippen LogP contribution in [0, 0.1) is 0 Å². The van der Waals surface area contributed by atoms with Gasteiger partial charge in [-0.2, -0.15) is 0 Å². The molecule has 0 saturated carbocycles. The summed E-state index contributed by atoms with van der Waals surface area (Å²) in [6.45, 7) is 4.38. The highest BCUT2D eigenvalue weighted by Crippen LogP contribution is 2.21. The molecular weight excluding hydrogens is 246 g/mol. The highest BCUT2D eigenvalue weighted by atomic mass is 16.5. The summed E-state index contributed by atoms with van der Waals surface area (Å²) < 4.78 is 5.00. The van der Waals surface area contributed by atoms with Gasteiger partial charge in [-0.3, -0.25) is 0 Å². The standard InChI is InChI=1S/C13H21N3O3/c1-4-19-13(18)10-7-12(14)15-8-11(10)16(3)6-5-9(2)17/h7-9,17H,4-6H2,1-3H3,(H2,14,15). The fraction of sp³-hybridized carbons (Fsp3) is 0.538. The Bertz CT molecular complexity index is 435. The molecule has 6 heteroatoms. The van der Waals surface area contributed by atoms with E-state index < -0.39 is 12.1 Å². The van der Waals surface area contributed by atoms with Crippen LogP contribution in [0.1, 0.15) is 30.6 Å². The number of anilines is 2. The summed E-state index contributed by atoms with van der Waals surface area (Å²) in [5, 5.41) is 9.30. The first-order valence-corrected chi connectivity index (χ1v) is 6.27. The number of pyridine rings is 1. The van der Waals surface area contributed by atoms with Gasteiger partial charge >= 0.3 is 5.97 Å². The Morgan fingerprint density at radius 1 is 1.63 bits per heavy atom. The van der Waals surface area contributed by atoms with E-state index in [1.54, 1.807) is 20.0 Å². The molecule has 1 atom stereocenters. The second-order valence-corrected chi connectivity index (χ2v) is 4.41. The minimum atomic E-state index is -0.421. The second-order valence-electron chi connectivity index (χ2n) is 4.41. The maximum absolute atomic E-state index is 11.9. The number of aliphatic hydroxyl groups excluding tert-OH is 1. The molecule has 0 saturated heterocycles. The van der Waals surface area contributed by atoms with Crippen LogP contribution in [0.3, 0.4) is 0 Å². The molecule has 0 radical (unpaired) electrons. The molecule has 1 heterocycles. The molecule has 1 unspecified atom stereocenters. The van der Waals surface area contributed by atoms with Crippen molar-refractivity contribution in [3.05, 3.63) is 17.8 Å². The third kappa shape index (κ3) is 4.40. The van der Waals surface area contributed by atoms with Crippen LogP contribution in [0.25, 0.3) is 0 Å². The van der Waals surface area contributed by atoms with Gasteiger partial charge in [0.2, 0.25) is 0 Å². The van der Waals surface area contributed by atoms with Crippen LogP contribution in [0.2, 0.25) is 0 Å². The number of hydrogen-bond donors (Lipinski definition) is 2. The van der Waals surface area contributed by atoms with Crippen LogP contribution >= 0.6 is 0 Å². The molecule has 1 aromatic rings. The van der Waals surface area contributed by atoms with E-state index in [9.17, 15) is 9.90 Å². The molecule has 0 aliphatic heterocycles. The third-order valence-corrected chi connectivity index (χ3v) is 2.69. The summed E-state index contributed by atoms with van der Waals surface area (Å²) in [6, 6.07) is 1.51. The SMILES string of the molecule is CCOC(=O)c1cc(N)ncc1N(C)CCC(C)O. The molecule has 1 aromatic heterocycles. The average Bonchev–Trinajstić information content (AvgIpc) is 2.36. The lowest BCUT2D eigenvalue weighted by molar-refractivity contribution is 0.0527. The number of rotatable bonds is 6. The zero-order chi connectivity index (χ0) is 14.4. The van der Waals surface area contributed by atoms with Gasteiger partial charge in [0.1, 0.15) is 5.82 Å². The number of nitrogens with two attached hydrogens (primary N) is 1. The highest BCUT2D eigenvalue weighted by Gasteiger charge is 2.17. The van der Waals surface area contributed by atoms with Gasteiger partial charge in [-0.25, -0.2) is 9.78 Å². The first-order chi connectivity index (χ1) is 8.95. The van der Waals surface area contributed by atoms with E-state index >= 15 is 0 Å². The number of aliphatic hydroxyl groups is 1. The Hall–Kier alpha value is -1.82. The van der Waals surface area contributed by atoms with Crippen molar-refractivity contribution in [2.24, 2.45) is 0 Å². The zero-order valence-electron chi connectivity index (χ0n) is 11.6. The number of hydrogen-bond acceptors (Lipinski definition) is 6. The van der Waals surface area contributed by atoms with Crippen LogP contribution in [0.4, 0.5) is 11.5 Å². The van der Waals surface area contributed by atoms with Crippen molar-refractivity contribution in [3.8, 4) is 0 Å². The largest absolute Gasteiger partial charge is 0.462 e. The molecule has 6 nitrogen and oxygen atoms in total. The number of nitrogen functional groups attached to an aromatic ring is 1. The van der Waals surface area contributed by atoms with Gasteiger partial charge in [0.25, 0.3) is 0 Å². The Morgan fingerprint density at radius 3 is 2.89 bits per heavy atom. The Morgan fingerprint density at radius 2 is 2.32 bits per heavy atom. The minimum absolute atomic E-state index is 0.274. The predicted octanol–water partition coefficient (Wildman–Crippen LogP) is 1.05. The highest BCUT2D eigenvalue weighted by molar-refractivity contribution is 5.96. The molecule has 0 aromatic carbocycles. The maximum Gasteiger partial charge on any atom is 0.340 e. The van der Waals surface area contributed by atoms with Crippen molar-refractivity contribution in [1.82, 2.24) is 4.98 Å². The van der Waals surface area contributed by atoms with Gasteiger partial charge in [-0.15, -0.1) is 0 Å². The fourth-order valence-electron chi connectivity index (χ4n) is 1.64. The molecule has 0 amide bonds. The zero-order valence-corrected chi connectivity index (χ0v) is 11.6. The summed E-state index contributed by atoms with van der Waals surface area (Å²) in [5.74, 6) is -0.147. The van der Waals surface area contributed by atoms with E-state index in [0.29, 0.717) is 30.8 Å². The van der Waals surface area contributed by atoms with Gasteiger partial charge in [-0.05, 0) is 26.3 Å². The van der Waals surface area contributed by atoms with E-state index in [0.717, 1.165) is 0 Å². The summed E-state index contributed by atoms with van der Waals surface area (Å²) in [6.07, 6.45) is 1.75. The Labute approximate surface area is 113 Å². The van der Waals surface area contributed by atoms with Crippen molar-refractivity contribution < 1.29 is 14.6 Å². The number of esters is 1. The van der Waals surface area contributed by atoms with Gasteiger partial charge in [0.15, 0.2) is 0 Å². The summed E-state index contributed by atoms with van der Waals surface area (Å²) in [7, 11) is 1.83. The fourth-order valence-corrected chi connectivity index (χ4v) is 1.64. The quantitative estimate of drug-likeness (QED) is 0.749. The third-order valence-electron chi connectivity index (χ3n) is 2.69.